The molecule has 1 aromatic carbocycles. The first kappa shape index (κ1) is 18.7. The zero-order chi connectivity index (χ0) is 18.5. The summed E-state index contributed by atoms with van der Waals surface area (Å²) in [5.74, 6) is 1.44. The number of hydrogen-bond donors (Lipinski definition) is 2. The van der Waals surface area contributed by atoms with Gasteiger partial charge in [0.15, 0.2) is 16.6 Å². The fourth-order valence-electron chi connectivity index (χ4n) is 3.06. The van der Waals surface area contributed by atoms with Crippen LogP contribution in [0.25, 0.3) is 0 Å². The minimum atomic E-state index is 0.00116. The normalized spacial score (nSPS) is 16.7. The predicted octanol–water partition coefficient (Wildman–Crippen LogP) is 1.50. The highest BCUT2D eigenvalue weighted by Crippen LogP contribution is 2.34. The van der Waals surface area contributed by atoms with Crippen LogP contribution in [0.4, 0.5) is 5.69 Å². The molecule has 2 heterocycles. The van der Waals surface area contributed by atoms with Crippen LogP contribution in [0, 0.1) is 5.92 Å². The number of hydrogen-bond acceptors (Lipinski definition) is 5. The molecule has 2 aliphatic rings. The Morgan fingerprint density at radius 1 is 1.27 bits per heavy atom. The molecule has 0 unspecified atom stereocenters. The van der Waals surface area contributed by atoms with Gasteiger partial charge in [-0.25, -0.2) is 0 Å². The van der Waals surface area contributed by atoms with Gasteiger partial charge in [-0.2, -0.15) is 0 Å². The lowest BCUT2D eigenvalue weighted by molar-refractivity contribution is -0.120. The van der Waals surface area contributed by atoms with Gasteiger partial charge in [0.25, 0.3) is 0 Å². The van der Waals surface area contributed by atoms with E-state index < -0.39 is 0 Å². The van der Waals surface area contributed by atoms with Crippen LogP contribution in [0.5, 0.6) is 11.5 Å². The van der Waals surface area contributed by atoms with E-state index in [1.54, 1.807) is 6.07 Å². The molecule has 7 nitrogen and oxygen atoms in total. The summed E-state index contributed by atoms with van der Waals surface area (Å²) in [7, 11) is 4.07. The Morgan fingerprint density at radius 2 is 2.00 bits per heavy atom. The third-order valence-corrected chi connectivity index (χ3v) is 5.03. The molecule has 2 aliphatic heterocycles. The molecule has 0 spiro atoms. The number of nitrogens with one attached hydrogen (secondary N) is 2. The van der Waals surface area contributed by atoms with Crippen molar-refractivity contribution in [1.29, 1.82) is 0 Å². The molecule has 3 rings (SSSR count). The summed E-state index contributed by atoms with van der Waals surface area (Å²) < 4.78 is 10.6. The molecule has 26 heavy (non-hydrogen) atoms. The van der Waals surface area contributed by atoms with Crippen molar-refractivity contribution in [3.05, 3.63) is 18.2 Å². The maximum Gasteiger partial charge on any atom is 0.231 e. The van der Waals surface area contributed by atoms with Crippen molar-refractivity contribution in [2.24, 2.45) is 5.92 Å². The van der Waals surface area contributed by atoms with Crippen LogP contribution in [0.15, 0.2) is 18.2 Å². The molecular formula is C18H26N4O3S. The number of likely N-dealkylation sites (N-methyl/N-ethyl adjacent to an activating group) is 1. The van der Waals surface area contributed by atoms with Crippen LogP contribution < -0.4 is 20.1 Å². The first-order chi connectivity index (χ1) is 12.5. The summed E-state index contributed by atoms with van der Waals surface area (Å²) >= 11 is 5.45. The Bertz CT molecular complexity index is 660. The topological polar surface area (TPSA) is 66.1 Å². The number of likely N-dealkylation sites (tertiary alicyclic amines) is 1. The van der Waals surface area contributed by atoms with Crippen LogP contribution in [-0.4, -0.2) is 67.9 Å². The summed E-state index contributed by atoms with van der Waals surface area (Å²) in [5, 5.41) is 7.05. The molecule has 8 heteroatoms. The molecule has 142 valence electrons. The van der Waals surface area contributed by atoms with Crippen molar-refractivity contribution in [1.82, 2.24) is 15.1 Å². The quantitative estimate of drug-likeness (QED) is 0.753. The lowest BCUT2D eigenvalue weighted by atomic mass is 9.96. The number of ether oxygens (including phenoxy) is 2. The molecular weight excluding hydrogens is 352 g/mol. The fourth-order valence-corrected chi connectivity index (χ4v) is 3.35. The van der Waals surface area contributed by atoms with Gasteiger partial charge in [-0.1, -0.05) is 0 Å². The van der Waals surface area contributed by atoms with E-state index in [9.17, 15) is 4.79 Å². The van der Waals surface area contributed by atoms with Crippen molar-refractivity contribution in [2.45, 2.75) is 12.8 Å². The van der Waals surface area contributed by atoms with Crippen molar-refractivity contribution < 1.29 is 14.3 Å². The van der Waals surface area contributed by atoms with E-state index in [1.807, 2.05) is 26.2 Å². The van der Waals surface area contributed by atoms with Gasteiger partial charge in [-0.3, -0.25) is 4.79 Å². The summed E-state index contributed by atoms with van der Waals surface area (Å²) in [6, 6.07) is 5.46. The SMILES string of the molecule is CN(C)CCNC(=S)N1CCC(C(=O)Nc2ccc3c(c2)OCO3)CC1. The molecule has 0 aromatic heterocycles. The smallest absolute Gasteiger partial charge is 0.231 e. The van der Waals surface area contributed by atoms with Crippen molar-refractivity contribution >= 4 is 28.9 Å². The minimum Gasteiger partial charge on any atom is -0.454 e. The van der Waals surface area contributed by atoms with Gasteiger partial charge >= 0.3 is 0 Å². The molecule has 0 atom stereocenters. The third-order valence-electron chi connectivity index (χ3n) is 4.63. The minimum absolute atomic E-state index is 0.00116. The Morgan fingerprint density at radius 3 is 2.73 bits per heavy atom. The number of nitrogens with zero attached hydrogens (tertiary/aromatic N) is 2. The molecule has 2 N–H and O–H groups in total. The van der Waals surface area contributed by atoms with Gasteiger partial charge in [-0.15, -0.1) is 0 Å². The van der Waals surface area contributed by atoms with E-state index in [-0.39, 0.29) is 18.6 Å². The van der Waals surface area contributed by atoms with Crippen LogP contribution in [-0.2, 0) is 4.79 Å². The van der Waals surface area contributed by atoms with Gasteiger partial charge in [-0.05, 0) is 51.3 Å². The van der Waals surface area contributed by atoms with Crippen LogP contribution in [0.3, 0.4) is 0 Å². The number of thiocarbonyl (C=S) groups is 1. The lowest BCUT2D eigenvalue weighted by Gasteiger charge is -2.33. The zero-order valence-electron chi connectivity index (χ0n) is 15.3. The highest BCUT2D eigenvalue weighted by molar-refractivity contribution is 7.80. The molecule has 0 saturated carbocycles. The van der Waals surface area contributed by atoms with E-state index in [1.165, 1.54) is 0 Å². The number of anilines is 1. The number of carbonyl (C=O) groups excluding carboxylic acids is 1. The van der Waals surface area contributed by atoms with Gasteiger partial charge in [0.1, 0.15) is 0 Å². The second-order valence-corrected chi connectivity index (χ2v) is 7.24. The highest BCUT2D eigenvalue weighted by atomic mass is 32.1. The Hall–Kier alpha value is -2.06. The monoisotopic (exact) mass is 378 g/mol. The van der Waals surface area contributed by atoms with E-state index in [0.717, 1.165) is 49.8 Å². The maximum absolute atomic E-state index is 12.5. The van der Waals surface area contributed by atoms with Gasteiger partial charge in [0.05, 0.1) is 0 Å². The van der Waals surface area contributed by atoms with Crippen LogP contribution in [0.1, 0.15) is 12.8 Å². The number of carbonyl (C=O) groups is 1. The molecule has 0 aliphatic carbocycles. The van der Waals surface area contributed by atoms with Crippen molar-refractivity contribution in [3.63, 3.8) is 0 Å². The number of amides is 1. The van der Waals surface area contributed by atoms with Crippen molar-refractivity contribution in [3.8, 4) is 11.5 Å². The Balaban J connectivity index is 1.44. The molecule has 1 aromatic rings. The Labute approximate surface area is 159 Å². The molecule has 0 bridgehead atoms. The number of benzene rings is 1. The van der Waals surface area contributed by atoms with Crippen LogP contribution in [0.2, 0.25) is 0 Å². The first-order valence-electron chi connectivity index (χ1n) is 8.91. The van der Waals surface area contributed by atoms with E-state index >= 15 is 0 Å². The Kier molecular flexibility index (Phi) is 6.16. The summed E-state index contributed by atoms with van der Waals surface area (Å²) in [4.78, 5) is 16.8. The zero-order valence-corrected chi connectivity index (χ0v) is 16.1. The maximum atomic E-state index is 12.5. The highest BCUT2D eigenvalue weighted by Gasteiger charge is 2.26. The average molecular weight is 378 g/mol. The van der Waals surface area contributed by atoms with E-state index in [4.69, 9.17) is 21.7 Å². The van der Waals surface area contributed by atoms with E-state index in [2.05, 4.69) is 20.4 Å². The molecule has 0 radical (unpaired) electrons. The van der Waals surface area contributed by atoms with E-state index in [0.29, 0.717) is 11.5 Å². The lowest BCUT2D eigenvalue weighted by Crippen LogP contribution is -2.47. The van der Waals surface area contributed by atoms with Gasteiger partial charge in [0, 0.05) is 43.9 Å². The molecule has 1 amide bonds. The van der Waals surface area contributed by atoms with Crippen LogP contribution >= 0.6 is 12.2 Å². The van der Waals surface area contributed by atoms with Gasteiger partial charge in [0.2, 0.25) is 12.7 Å². The number of piperidine rings is 1. The van der Waals surface area contributed by atoms with Gasteiger partial charge < -0.3 is 29.9 Å². The second kappa shape index (κ2) is 8.55. The standard InChI is InChI=1S/C18H26N4O3S/c1-21(2)10-7-19-18(26)22-8-5-13(6-9-22)17(23)20-14-3-4-15-16(11-14)25-12-24-15/h3-4,11,13H,5-10,12H2,1-2H3,(H,19,26)(H,20,23). The molecule has 1 saturated heterocycles. The molecule has 1 fully saturated rings. The second-order valence-electron chi connectivity index (χ2n) is 6.85. The predicted molar refractivity (Wildman–Crippen MR) is 105 cm³/mol. The third kappa shape index (κ3) is 4.76. The fraction of sp³-hybridized carbons (Fsp3) is 0.556. The van der Waals surface area contributed by atoms with Crippen molar-refractivity contribution in [2.75, 3.05) is 52.4 Å². The number of fused-ring (bicyclic) bond motifs is 1. The first-order valence-corrected chi connectivity index (χ1v) is 9.32. The largest absolute Gasteiger partial charge is 0.454 e. The average Bonchev–Trinajstić information content (AvgIpc) is 3.09. The number of rotatable bonds is 5. The summed E-state index contributed by atoms with van der Waals surface area (Å²) in [5.41, 5.74) is 0.738. The summed E-state index contributed by atoms with van der Waals surface area (Å²) in [6.45, 7) is 3.60. The summed E-state index contributed by atoms with van der Waals surface area (Å²) in [6.07, 6.45) is 1.60.